The smallest absolute Gasteiger partial charge is 0.269 e. The van der Waals surface area contributed by atoms with Crippen LogP contribution in [0.25, 0.3) is 12.2 Å². The van der Waals surface area contributed by atoms with Crippen LogP contribution in [0.5, 0.6) is 5.75 Å². The molecule has 0 fully saturated rings. The van der Waals surface area contributed by atoms with Crippen molar-refractivity contribution in [1.29, 1.82) is 0 Å². The van der Waals surface area contributed by atoms with Crippen molar-refractivity contribution >= 4 is 17.8 Å². The van der Waals surface area contributed by atoms with Gasteiger partial charge in [-0.25, -0.2) is 0 Å². The predicted octanol–water partition coefficient (Wildman–Crippen LogP) is 4.50. The molecule has 0 amide bonds. The number of rotatable bonds is 3. The highest BCUT2D eigenvalue weighted by atomic mass is 16.6. The van der Waals surface area contributed by atoms with E-state index in [9.17, 15) is 10.1 Å². The van der Waals surface area contributed by atoms with Gasteiger partial charge >= 0.3 is 0 Å². The van der Waals surface area contributed by atoms with Gasteiger partial charge in [0.05, 0.1) is 4.92 Å². The average Bonchev–Trinajstić information content (AvgIpc) is 2.49. The van der Waals surface area contributed by atoms with E-state index < -0.39 is 4.92 Å². The zero-order valence-corrected chi connectivity index (χ0v) is 11.5. The molecule has 0 bridgehead atoms. The van der Waals surface area contributed by atoms with Crippen molar-refractivity contribution < 1.29 is 10.0 Å². The molecule has 0 aliphatic carbocycles. The van der Waals surface area contributed by atoms with Gasteiger partial charge in [-0.05, 0) is 35.4 Å². The molecule has 4 nitrogen and oxygen atoms in total. The number of hydrogen-bond donors (Lipinski definition) is 1. The fourth-order valence-corrected chi connectivity index (χ4v) is 1.49. The summed E-state index contributed by atoms with van der Waals surface area (Å²) in [5.41, 5.74) is 1.91. The van der Waals surface area contributed by atoms with E-state index in [4.69, 9.17) is 5.11 Å². The molecule has 104 valence electrons. The van der Waals surface area contributed by atoms with E-state index in [1.165, 1.54) is 12.1 Å². The van der Waals surface area contributed by atoms with Crippen LogP contribution >= 0.6 is 0 Å². The van der Waals surface area contributed by atoms with Gasteiger partial charge in [-0.3, -0.25) is 10.1 Å². The van der Waals surface area contributed by atoms with E-state index in [0.29, 0.717) is 0 Å². The fraction of sp³-hybridized carbons (Fsp3) is 0.125. The molecule has 20 heavy (non-hydrogen) atoms. The van der Waals surface area contributed by atoms with Gasteiger partial charge in [-0.1, -0.05) is 38.1 Å². The van der Waals surface area contributed by atoms with Crippen LogP contribution in [-0.4, -0.2) is 10.0 Å². The standard InChI is InChI=1S/C14H11NO3.C2H6/c16-14-9-5-12(6-10-14)2-1-11-3-7-13(8-4-11)15(17)18;1-2/h1-10,16H;1-2H3/b2-1+;. The number of nitrogens with zero attached hydrogens (tertiary/aromatic N) is 1. The first kappa shape index (κ1) is 15.4. The summed E-state index contributed by atoms with van der Waals surface area (Å²) in [5, 5.41) is 19.6. The second-order valence-corrected chi connectivity index (χ2v) is 3.77. The minimum atomic E-state index is -0.423. The average molecular weight is 271 g/mol. The van der Waals surface area contributed by atoms with Crippen molar-refractivity contribution in [2.24, 2.45) is 0 Å². The summed E-state index contributed by atoms with van der Waals surface area (Å²) in [6.07, 6.45) is 3.73. The molecule has 0 radical (unpaired) electrons. The summed E-state index contributed by atoms with van der Waals surface area (Å²) < 4.78 is 0. The van der Waals surface area contributed by atoms with E-state index >= 15 is 0 Å². The number of nitro groups is 1. The second-order valence-electron chi connectivity index (χ2n) is 3.77. The van der Waals surface area contributed by atoms with Crippen LogP contribution < -0.4 is 0 Å². The van der Waals surface area contributed by atoms with Gasteiger partial charge in [0.2, 0.25) is 0 Å². The molecule has 0 heterocycles. The number of phenolic OH excluding ortho intramolecular Hbond substituents is 1. The third-order valence-corrected chi connectivity index (χ3v) is 2.47. The topological polar surface area (TPSA) is 63.4 Å². The Bertz CT molecular complexity index is 572. The quantitative estimate of drug-likeness (QED) is 0.508. The Kier molecular flexibility index (Phi) is 5.97. The summed E-state index contributed by atoms with van der Waals surface area (Å²) in [6, 6.07) is 13.1. The van der Waals surface area contributed by atoms with Gasteiger partial charge in [-0.2, -0.15) is 0 Å². The van der Waals surface area contributed by atoms with E-state index in [-0.39, 0.29) is 11.4 Å². The Morgan fingerprint density at radius 1 is 0.900 bits per heavy atom. The molecule has 0 saturated carbocycles. The molecule has 0 aliphatic heterocycles. The number of hydrogen-bond acceptors (Lipinski definition) is 3. The zero-order chi connectivity index (χ0) is 15.0. The number of aromatic hydroxyl groups is 1. The van der Waals surface area contributed by atoms with E-state index in [1.54, 1.807) is 36.4 Å². The minimum Gasteiger partial charge on any atom is -0.508 e. The van der Waals surface area contributed by atoms with Crippen LogP contribution in [0.2, 0.25) is 0 Å². The maximum atomic E-state index is 10.5. The first-order valence-corrected chi connectivity index (χ1v) is 6.37. The van der Waals surface area contributed by atoms with E-state index in [2.05, 4.69) is 0 Å². The largest absolute Gasteiger partial charge is 0.508 e. The number of non-ortho nitro benzene ring substituents is 1. The summed E-state index contributed by atoms with van der Waals surface area (Å²) >= 11 is 0. The van der Waals surface area contributed by atoms with Gasteiger partial charge in [0.1, 0.15) is 5.75 Å². The van der Waals surface area contributed by atoms with Crippen LogP contribution in [-0.2, 0) is 0 Å². The van der Waals surface area contributed by atoms with Crippen molar-refractivity contribution in [2.45, 2.75) is 13.8 Å². The summed E-state index contributed by atoms with van der Waals surface area (Å²) in [7, 11) is 0. The maximum Gasteiger partial charge on any atom is 0.269 e. The van der Waals surface area contributed by atoms with Crippen LogP contribution in [0.3, 0.4) is 0 Å². The SMILES string of the molecule is CC.O=[N+]([O-])c1ccc(/C=C/c2ccc(O)cc2)cc1. The third kappa shape index (κ3) is 4.57. The first-order chi connectivity index (χ1) is 9.65. The maximum absolute atomic E-state index is 10.5. The summed E-state index contributed by atoms with van der Waals surface area (Å²) in [6.45, 7) is 4.00. The van der Waals surface area contributed by atoms with Gasteiger partial charge < -0.3 is 5.11 Å². The van der Waals surface area contributed by atoms with E-state index in [0.717, 1.165) is 11.1 Å². The molecule has 0 aliphatic rings. The molecule has 0 atom stereocenters. The predicted molar refractivity (Wildman–Crippen MR) is 81.5 cm³/mol. The fourth-order valence-electron chi connectivity index (χ4n) is 1.49. The molecule has 2 rings (SSSR count). The Labute approximate surface area is 118 Å². The van der Waals surface area contributed by atoms with E-state index in [1.807, 2.05) is 26.0 Å². The molecule has 0 saturated heterocycles. The highest BCUT2D eigenvalue weighted by molar-refractivity contribution is 5.70. The molecule has 2 aromatic rings. The first-order valence-electron chi connectivity index (χ1n) is 6.37. The molecule has 0 spiro atoms. The van der Waals surface area contributed by atoms with Crippen LogP contribution in [0.15, 0.2) is 48.5 Å². The lowest BCUT2D eigenvalue weighted by atomic mass is 10.1. The molecule has 0 aromatic heterocycles. The van der Waals surface area contributed by atoms with Crippen molar-refractivity contribution in [3.63, 3.8) is 0 Å². The molecular weight excluding hydrogens is 254 g/mol. The van der Waals surface area contributed by atoms with Crippen molar-refractivity contribution in [3.8, 4) is 5.75 Å². The lowest BCUT2D eigenvalue weighted by Crippen LogP contribution is -1.86. The number of benzene rings is 2. The molecule has 2 aromatic carbocycles. The zero-order valence-electron chi connectivity index (χ0n) is 11.5. The Hall–Kier alpha value is -2.62. The van der Waals surface area contributed by atoms with Crippen molar-refractivity contribution in [2.75, 3.05) is 0 Å². The van der Waals surface area contributed by atoms with Gasteiger partial charge in [0.25, 0.3) is 5.69 Å². The molecular formula is C16H17NO3. The van der Waals surface area contributed by atoms with Crippen LogP contribution in [0, 0.1) is 10.1 Å². The van der Waals surface area contributed by atoms with Crippen LogP contribution in [0.4, 0.5) is 5.69 Å². The monoisotopic (exact) mass is 271 g/mol. The van der Waals surface area contributed by atoms with Gasteiger partial charge in [0.15, 0.2) is 0 Å². The molecule has 1 N–H and O–H groups in total. The summed E-state index contributed by atoms with van der Waals surface area (Å²) in [5.74, 6) is 0.225. The lowest BCUT2D eigenvalue weighted by Gasteiger charge is -1.95. The van der Waals surface area contributed by atoms with Crippen molar-refractivity contribution in [1.82, 2.24) is 0 Å². The number of phenols is 1. The van der Waals surface area contributed by atoms with Crippen LogP contribution in [0.1, 0.15) is 25.0 Å². The third-order valence-electron chi connectivity index (χ3n) is 2.47. The molecule has 4 heteroatoms. The highest BCUT2D eigenvalue weighted by Crippen LogP contribution is 2.15. The lowest BCUT2D eigenvalue weighted by molar-refractivity contribution is -0.384. The highest BCUT2D eigenvalue weighted by Gasteiger charge is 2.01. The minimum absolute atomic E-state index is 0.0804. The van der Waals surface area contributed by atoms with Gasteiger partial charge in [0, 0.05) is 12.1 Å². The Balaban J connectivity index is 0.000000956. The Morgan fingerprint density at radius 3 is 1.70 bits per heavy atom. The second kappa shape index (κ2) is 7.74. The number of nitro benzene ring substituents is 1. The normalized spacial score (nSPS) is 9.90. The van der Waals surface area contributed by atoms with Crippen molar-refractivity contribution in [3.05, 3.63) is 69.8 Å². The summed E-state index contributed by atoms with van der Waals surface area (Å²) in [4.78, 5) is 10.1. The molecule has 0 unspecified atom stereocenters. The van der Waals surface area contributed by atoms with Gasteiger partial charge in [-0.15, -0.1) is 0 Å². The Morgan fingerprint density at radius 2 is 1.30 bits per heavy atom.